The van der Waals surface area contributed by atoms with Crippen molar-refractivity contribution >= 4 is 12.6 Å². The highest BCUT2D eigenvalue weighted by molar-refractivity contribution is 6.61. The zero-order chi connectivity index (χ0) is 11.3. The summed E-state index contributed by atoms with van der Waals surface area (Å²) in [5.41, 5.74) is 0.302. The van der Waals surface area contributed by atoms with Gasteiger partial charge in [-0.3, -0.25) is 25.1 Å². The van der Waals surface area contributed by atoms with Crippen LogP contribution >= 0.6 is 0 Å². The molecule has 0 amide bonds. The second kappa shape index (κ2) is 5.67. The van der Waals surface area contributed by atoms with Crippen LogP contribution in [0.2, 0.25) is 0 Å². The third-order valence-corrected chi connectivity index (χ3v) is 1.62. The van der Waals surface area contributed by atoms with Gasteiger partial charge in [0.2, 0.25) is 0 Å². The van der Waals surface area contributed by atoms with Gasteiger partial charge in [-0.1, -0.05) is 0 Å². The third-order valence-electron chi connectivity index (χ3n) is 1.62. The minimum absolute atomic E-state index is 0.0517. The summed E-state index contributed by atoms with van der Waals surface area (Å²) in [5.74, 6) is 0.424. The first-order valence-electron chi connectivity index (χ1n) is 4.40. The van der Waals surface area contributed by atoms with Gasteiger partial charge in [-0.2, -0.15) is 0 Å². The Kier molecular flexibility index (Phi) is 4.51. The summed E-state index contributed by atoms with van der Waals surface area (Å²) in [7, 11) is -1.33. The predicted molar refractivity (Wildman–Crippen MR) is 52.8 cm³/mol. The molecule has 1 heterocycles. The monoisotopic (exact) mass is 213 g/mol. The molecular formula is C8H12BNO5. The zero-order valence-electron chi connectivity index (χ0n) is 8.45. The van der Waals surface area contributed by atoms with Crippen molar-refractivity contribution < 1.29 is 24.9 Å². The second-order valence-corrected chi connectivity index (χ2v) is 3.12. The van der Waals surface area contributed by atoms with E-state index in [1.165, 1.54) is 12.4 Å². The van der Waals surface area contributed by atoms with Crippen molar-refractivity contribution in [3.8, 4) is 5.75 Å². The highest BCUT2D eigenvalue weighted by atomic mass is 17.2. The first kappa shape index (κ1) is 11.9. The molecule has 15 heavy (non-hydrogen) atoms. The smallest absolute Gasteiger partial charge is 0.491 e. The van der Waals surface area contributed by atoms with Crippen LogP contribution in [0.1, 0.15) is 13.8 Å². The van der Waals surface area contributed by atoms with E-state index in [9.17, 15) is 0 Å². The van der Waals surface area contributed by atoms with Crippen LogP contribution in [0.25, 0.3) is 0 Å². The molecule has 0 fully saturated rings. The lowest BCUT2D eigenvalue weighted by atomic mass is 9.80. The largest absolute Gasteiger partial charge is 0.559 e. The lowest BCUT2D eigenvalue weighted by Crippen LogP contribution is -2.37. The lowest BCUT2D eigenvalue weighted by Gasteiger charge is -2.14. The van der Waals surface area contributed by atoms with Crippen molar-refractivity contribution in [2.45, 2.75) is 20.0 Å². The van der Waals surface area contributed by atoms with Gasteiger partial charge in [0.15, 0.2) is 0 Å². The van der Waals surface area contributed by atoms with Crippen LogP contribution < -0.4 is 10.2 Å². The minimum Gasteiger partial charge on any atom is -0.491 e. The second-order valence-electron chi connectivity index (χ2n) is 3.12. The quantitative estimate of drug-likeness (QED) is 0.422. The molecule has 6 nitrogen and oxygen atoms in total. The van der Waals surface area contributed by atoms with Gasteiger partial charge < -0.3 is 4.74 Å². The SMILES string of the molecule is CC(C)Oc1ccncc1B(OO)OO. The standard InChI is InChI=1S/C8H12BNO5/c1-6(2)13-8-3-4-10-5-7(8)9(14-11)15-12/h3-6,11-12H,1-2H3. The van der Waals surface area contributed by atoms with Gasteiger partial charge in [-0.25, -0.2) is 0 Å². The summed E-state index contributed by atoms with van der Waals surface area (Å²) in [6, 6.07) is 1.58. The van der Waals surface area contributed by atoms with Crippen LogP contribution in [0, 0.1) is 0 Å². The Labute approximate surface area is 87.4 Å². The Morgan fingerprint density at radius 1 is 1.33 bits per heavy atom. The fraction of sp³-hybridized carbons (Fsp3) is 0.375. The number of nitrogens with zero attached hydrogens (tertiary/aromatic N) is 1. The molecular weight excluding hydrogens is 201 g/mol. The molecule has 1 rings (SSSR count). The molecule has 1 aromatic heterocycles. The van der Waals surface area contributed by atoms with Crippen LogP contribution in [0.4, 0.5) is 0 Å². The molecule has 2 N–H and O–H groups in total. The van der Waals surface area contributed by atoms with E-state index in [1.54, 1.807) is 6.07 Å². The molecule has 0 aromatic carbocycles. The fourth-order valence-corrected chi connectivity index (χ4v) is 1.06. The average molecular weight is 213 g/mol. The topological polar surface area (TPSA) is 81.0 Å². The molecule has 0 unspecified atom stereocenters. The Bertz CT molecular complexity index is 305. The van der Waals surface area contributed by atoms with Crippen LogP contribution in [0.3, 0.4) is 0 Å². The van der Waals surface area contributed by atoms with Gasteiger partial charge in [0.05, 0.1) is 6.10 Å². The molecule has 1 aromatic rings. The minimum atomic E-state index is -1.33. The summed E-state index contributed by atoms with van der Waals surface area (Å²) >= 11 is 0. The maximum absolute atomic E-state index is 8.47. The summed E-state index contributed by atoms with van der Waals surface area (Å²) in [6.07, 6.45) is 2.84. The molecule has 0 saturated heterocycles. The molecule has 0 saturated carbocycles. The van der Waals surface area contributed by atoms with Gasteiger partial charge in [-0.15, -0.1) is 0 Å². The molecule has 0 bridgehead atoms. The van der Waals surface area contributed by atoms with Crippen molar-refractivity contribution in [2.75, 3.05) is 0 Å². The van der Waals surface area contributed by atoms with Crippen molar-refractivity contribution in [1.82, 2.24) is 4.98 Å². The molecule has 0 radical (unpaired) electrons. The number of aromatic nitrogens is 1. The van der Waals surface area contributed by atoms with E-state index in [4.69, 9.17) is 15.3 Å². The van der Waals surface area contributed by atoms with Crippen molar-refractivity contribution in [3.63, 3.8) is 0 Å². The van der Waals surface area contributed by atoms with Gasteiger partial charge >= 0.3 is 7.12 Å². The normalized spacial score (nSPS) is 10.5. The van der Waals surface area contributed by atoms with E-state index >= 15 is 0 Å². The summed E-state index contributed by atoms with van der Waals surface area (Å²) in [4.78, 5) is 11.6. The fourth-order valence-electron chi connectivity index (χ4n) is 1.06. The number of rotatable bonds is 5. The first-order chi connectivity index (χ1) is 7.19. The molecule has 0 aliphatic rings. The maximum Gasteiger partial charge on any atom is 0.559 e. The van der Waals surface area contributed by atoms with Crippen LogP contribution in [0.15, 0.2) is 18.5 Å². The summed E-state index contributed by atoms with van der Waals surface area (Å²) in [5, 5.41) is 16.9. The zero-order valence-corrected chi connectivity index (χ0v) is 8.45. The third kappa shape index (κ3) is 3.17. The molecule has 0 aliphatic carbocycles. The van der Waals surface area contributed by atoms with E-state index in [2.05, 4.69) is 14.6 Å². The molecule has 7 heteroatoms. The van der Waals surface area contributed by atoms with Crippen molar-refractivity contribution in [1.29, 1.82) is 0 Å². The van der Waals surface area contributed by atoms with Gasteiger partial charge in [0.25, 0.3) is 0 Å². The predicted octanol–water partition coefficient (Wildman–Crippen LogP) is 0.543. The number of hydrogen-bond donors (Lipinski definition) is 2. The highest BCUT2D eigenvalue weighted by Crippen LogP contribution is 2.09. The van der Waals surface area contributed by atoms with Crippen molar-refractivity contribution in [2.24, 2.45) is 0 Å². The lowest BCUT2D eigenvalue weighted by molar-refractivity contribution is -0.221. The van der Waals surface area contributed by atoms with E-state index in [0.29, 0.717) is 11.2 Å². The summed E-state index contributed by atoms with van der Waals surface area (Å²) in [6.45, 7) is 3.69. The van der Waals surface area contributed by atoms with Crippen LogP contribution in [0.5, 0.6) is 5.75 Å². The van der Waals surface area contributed by atoms with Gasteiger partial charge in [-0.05, 0) is 19.9 Å². The van der Waals surface area contributed by atoms with E-state index in [-0.39, 0.29) is 6.10 Å². The molecule has 0 atom stereocenters. The van der Waals surface area contributed by atoms with E-state index in [1.807, 2.05) is 13.8 Å². The number of pyridine rings is 1. The van der Waals surface area contributed by atoms with E-state index in [0.717, 1.165) is 0 Å². The Balaban J connectivity index is 2.94. The Morgan fingerprint density at radius 3 is 2.53 bits per heavy atom. The summed E-state index contributed by atoms with van der Waals surface area (Å²) < 4.78 is 5.41. The average Bonchev–Trinajstić information content (AvgIpc) is 2.21. The molecule has 82 valence electrons. The molecule has 0 spiro atoms. The van der Waals surface area contributed by atoms with Crippen LogP contribution in [-0.2, 0) is 9.61 Å². The van der Waals surface area contributed by atoms with E-state index < -0.39 is 7.12 Å². The Hall–Kier alpha value is -1.15. The first-order valence-corrected chi connectivity index (χ1v) is 4.40. The van der Waals surface area contributed by atoms with Crippen molar-refractivity contribution in [3.05, 3.63) is 18.5 Å². The molecule has 0 aliphatic heterocycles. The van der Waals surface area contributed by atoms with Gasteiger partial charge in [0, 0.05) is 17.9 Å². The Morgan fingerprint density at radius 2 is 2.00 bits per heavy atom. The highest BCUT2D eigenvalue weighted by Gasteiger charge is 2.27. The van der Waals surface area contributed by atoms with Crippen LogP contribution in [-0.4, -0.2) is 28.7 Å². The number of hydrogen-bond acceptors (Lipinski definition) is 6. The van der Waals surface area contributed by atoms with Gasteiger partial charge in [0.1, 0.15) is 5.75 Å². The maximum atomic E-state index is 8.47. The number of ether oxygens (including phenoxy) is 1.